The fourth-order valence-corrected chi connectivity index (χ4v) is 2.16. The highest BCUT2D eigenvalue weighted by atomic mass is 79.9. The molecule has 6 heteroatoms. The molecule has 2 rings (SSSR count). The van der Waals surface area contributed by atoms with Gasteiger partial charge in [0.2, 0.25) is 0 Å². The first-order valence-electron chi connectivity index (χ1n) is 5.74. The van der Waals surface area contributed by atoms with Crippen LogP contribution in [0.3, 0.4) is 0 Å². The number of rotatable bonds is 3. The second-order valence-corrected chi connectivity index (χ2v) is 5.55. The zero-order valence-electron chi connectivity index (χ0n) is 10.4. The lowest BCUT2D eigenvalue weighted by atomic mass is 10.1. The van der Waals surface area contributed by atoms with Crippen molar-refractivity contribution in [2.45, 2.75) is 13.0 Å². The van der Waals surface area contributed by atoms with E-state index in [9.17, 15) is 13.2 Å². The van der Waals surface area contributed by atoms with E-state index in [4.69, 9.17) is 11.6 Å². The van der Waals surface area contributed by atoms with Gasteiger partial charge in [0.05, 0.1) is 15.2 Å². The third kappa shape index (κ3) is 3.27. The Morgan fingerprint density at radius 3 is 2.40 bits per heavy atom. The Bertz CT molecular complexity index is 649. The molecule has 1 atom stereocenters. The van der Waals surface area contributed by atoms with E-state index in [1.807, 2.05) is 0 Å². The molecule has 0 aliphatic rings. The van der Waals surface area contributed by atoms with Crippen molar-refractivity contribution in [3.05, 3.63) is 62.8 Å². The highest BCUT2D eigenvalue weighted by Crippen LogP contribution is 2.27. The Kier molecular flexibility index (Phi) is 4.60. The number of benzene rings is 2. The first kappa shape index (κ1) is 15.2. The van der Waals surface area contributed by atoms with Crippen molar-refractivity contribution in [3.8, 4) is 0 Å². The summed E-state index contributed by atoms with van der Waals surface area (Å²) in [7, 11) is 0. The molecule has 0 spiro atoms. The third-order valence-corrected chi connectivity index (χ3v) is 3.74. The van der Waals surface area contributed by atoms with E-state index in [-0.39, 0.29) is 15.2 Å². The Morgan fingerprint density at radius 1 is 1.05 bits per heavy atom. The van der Waals surface area contributed by atoms with Crippen LogP contribution in [-0.2, 0) is 0 Å². The smallest absolute Gasteiger partial charge is 0.147 e. The fourth-order valence-electron chi connectivity index (χ4n) is 1.73. The molecule has 106 valence electrons. The molecule has 0 amide bonds. The zero-order valence-corrected chi connectivity index (χ0v) is 12.7. The van der Waals surface area contributed by atoms with Gasteiger partial charge in [0.1, 0.15) is 17.5 Å². The summed E-state index contributed by atoms with van der Waals surface area (Å²) in [6, 6.07) is 5.97. The standard InChI is InChI=1S/C14H10BrClF3N/c1-7(8-2-3-10(16)12(18)4-8)20-14-6-11(17)9(15)5-13(14)19/h2-7,20H,1H3. The SMILES string of the molecule is CC(Nc1cc(F)c(Br)cc1F)c1ccc(Cl)c(F)c1. The second kappa shape index (κ2) is 6.06. The van der Waals surface area contributed by atoms with Crippen molar-refractivity contribution in [3.63, 3.8) is 0 Å². The lowest BCUT2D eigenvalue weighted by Gasteiger charge is -2.17. The van der Waals surface area contributed by atoms with Crippen LogP contribution in [0.4, 0.5) is 18.9 Å². The largest absolute Gasteiger partial charge is 0.376 e. The molecule has 2 aromatic carbocycles. The minimum atomic E-state index is -0.598. The van der Waals surface area contributed by atoms with Crippen LogP contribution < -0.4 is 5.32 Å². The molecule has 0 aliphatic carbocycles. The first-order chi connectivity index (χ1) is 9.38. The highest BCUT2D eigenvalue weighted by Gasteiger charge is 2.13. The van der Waals surface area contributed by atoms with E-state index >= 15 is 0 Å². The molecule has 0 saturated carbocycles. The minimum absolute atomic E-state index is 0.00792. The predicted octanol–water partition coefficient (Wildman–Crippen LogP) is 5.69. The Balaban J connectivity index is 2.25. The van der Waals surface area contributed by atoms with Crippen LogP contribution in [0.15, 0.2) is 34.8 Å². The van der Waals surface area contributed by atoms with Crippen molar-refractivity contribution in [1.82, 2.24) is 0 Å². The average Bonchev–Trinajstić information content (AvgIpc) is 2.39. The lowest BCUT2D eigenvalue weighted by molar-refractivity contribution is 0.594. The molecule has 0 aromatic heterocycles. The summed E-state index contributed by atoms with van der Waals surface area (Å²) in [5.74, 6) is -1.73. The van der Waals surface area contributed by atoms with Gasteiger partial charge < -0.3 is 5.32 Å². The summed E-state index contributed by atoms with van der Waals surface area (Å²) in [6.07, 6.45) is 0. The molecule has 0 bridgehead atoms. The van der Waals surface area contributed by atoms with Crippen molar-refractivity contribution in [1.29, 1.82) is 0 Å². The fraction of sp³-hybridized carbons (Fsp3) is 0.143. The molecule has 0 saturated heterocycles. The maximum atomic E-state index is 13.7. The maximum Gasteiger partial charge on any atom is 0.147 e. The number of anilines is 1. The molecule has 0 fully saturated rings. The minimum Gasteiger partial charge on any atom is -0.376 e. The second-order valence-electron chi connectivity index (χ2n) is 4.29. The van der Waals surface area contributed by atoms with Crippen LogP contribution in [0.5, 0.6) is 0 Å². The third-order valence-electron chi connectivity index (χ3n) is 2.83. The number of hydrogen-bond acceptors (Lipinski definition) is 1. The summed E-state index contributed by atoms with van der Waals surface area (Å²) in [5.41, 5.74) is 0.586. The van der Waals surface area contributed by atoms with Crippen LogP contribution in [-0.4, -0.2) is 0 Å². The van der Waals surface area contributed by atoms with E-state index in [2.05, 4.69) is 21.2 Å². The Hall–Kier alpha value is -1.20. The van der Waals surface area contributed by atoms with Crippen LogP contribution >= 0.6 is 27.5 Å². The maximum absolute atomic E-state index is 13.7. The van der Waals surface area contributed by atoms with Crippen molar-refractivity contribution in [2.24, 2.45) is 0 Å². The van der Waals surface area contributed by atoms with Crippen LogP contribution in [0.2, 0.25) is 5.02 Å². The number of halogens is 5. The summed E-state index contributed by atoms with van der Waals surface area (Å²) in [6.45, 7) is 1.71. The van der Waals surface area contributed by atoms with Gasteiger partial charge >= 0.3 is 0 Å². The molecule has 1 nitrogen and oxygen atoms in total. The molecule has 0 radical (unpaired) electrons. The Labute approximate surface area is 127 Å². The van der Waals surface area contributed by atoms with Gasteiger partial charge in [-0.05, 0) is 46.6 Å². The highest BCUT2D eigenvalue weighted by molar-refractivity contribution is 9.10. The van der Waals surface area contributed by atoms with Gasteiger partial charge in [0.15, 0.2) is 0 Å². The van der Waals surface area contributed by atoms with Crippen LogP contribution in [0, 0.1) is 17.5 Å². The molecule has 2 aromatic rings. The molecular weight excluding hydrogens is 355 g/mol. The normalized spacial score (nSPS) is 12.3. The Morgan fingerprint density at radius 2 is 1.75 bits per heavy atom. The summed E-state index contributed by atoms with van der Waals surface area (Å²) < 4.78 is 40.5. The van der Waals surface area contributed by atoms with E-state index < -0.39 is 23.5 Å². The summed E-state index contributed by atoms with van der Waals surface area (Å²) in [5, 5.41) is 2.81. The monoisotopic (exact) mass is 363 g/mol. The summed E-state index contributed by atoms with van der Waals surface area (Å²) >= 11 is 8.50. The number of nitrogens with one attached hydrogen (secondary N) is 1. The van der Waals surface area contributed by atoms with Gasteiger partial charge in [-0.1, -0.05) is 17.7 Å². The van der Waals surface area contributed by atoms with E-state index in [1.165, 1.54) is 12.1 Å². The first-order valence-corrected chi connectivity index (χ1v) is 6.91. The van der Waals surface area contributed by atoms with Crippen LogP contribution in [0.1, 0.15) is 18.5 Å². The van der Waals surface area contributed by atoms with Crippen LogP contribution in [0.25, 0.3) is 0 Å². The molecule has 20 heavy (non-hydrogen) atoms. The van der Waals surface area contributed by atoms with Gasteiger partial charge in [-0.3, -0.25) is 0 Å². The van der Waals surface area contributed by atoms with Crippen molar-refractivity contribution >= 4 is 33.2 Å². The summed E-state index contributed by atoms with van der Waals surface area (Å²) in [4.78, 5) is 0. The topological polar surface area (TPSA) is 12.0 Å². The van der Waals surface area contributed by atoms with Gasteiger partial charge in [-0.15, -0.1) is 0 Å². The average molecular weight is 365 g/mol. The van der Waals surface area contributed by atoms with Crippen molar-refractivity contribution in [2.75, 3.05) is 5.32 Å². The van der Waals surface area contributed by atoms with Crippen molar-refractivity contribution < 1.29 is 13.2 Å². The van der Waals surface area contributed by atoms with E-state index in [0.29, 0.717) is 5.56 Å². The zero-order chi connectivity index (χ0) is 14.9. The van der Waals surface area contributed by atoms with E-state index in [0.717, 1.165) is 12.1 Å². The van der Waals surface area contributed by atoms with Gasteiger partial charge in [-0.25, -0.2) is 13.2 Å². The molecule has 0 aliphatic heterocycles. The number of hydrogen-bond donors (Lipinski definition) is 1. The molecular formula is C14H10BrClF3N. The van der Waals surface area contributed by atoms with Gasteiger partial charge in [0, 0.05) is 12.1 Å². The van der Waals surface area contributed by atoms with Gasteiger partial charge in [0.25, 0.3) is 0 Å². The molecule has 0 heterocycles. The quantitative estimate of drug-likeness (QED) is 0.690. The molecule has 1 N–H and O–H groups in total. The van der Waals surface area contributed by atoms with E-state index in [1.54, 1.807) is 13.0 Å². The predicted molar refractivity (Wildman–Crippen MR) is 77.5 cm³/mol. The van der Waals surface area contributed by atoms with Gasteiger partial charge in [-0.2, -0.15) is 0 Å². The lowest BCUT2D eigenvalue weighted by Crippen LogP contribution is -2.08. The molecule has 1 unspecified atom stereocenters.